The zero-order chi connectivity index (χ0) is 22.3. The molecular formula is C24H21ClN2O4. The van der Waals surface area contributed by atoms with Crippen molar-refractivity contribution in [1.82, 2.24) is 4.57 Å². The Bertz CT molecular complexity index is 1290. The van der Waals surface area contributed by atoms with Crippen LogP contribution in [0.2, 0.25) is 5.02 Å². The fourth-order valence-corrected chi connectivity index (χ4v) is 4.18. The smallest absolute Gasteiger partial charge is 0.305 e. The molecule has 31 heavy (non-hydrogen) atoms. The number of halogens is 1. The topological polar surface area (TPSA) is 80.9 Å². The number of rotatable bonds is 4. The van der Waals surface area contributed by atoms with Crippen LogP contribution in [0.1, 0.15) is 34.7 Å². The van der Waals surface area contributed by atoms with E-state index in [4.69, 9.17) is 21.3 Å². The summed E-state index contributed by atoms with van der Waals surface area (Å²) in [5, 5.41) is 10.2. The van der Waals surface area contributed by atoms with E-state index >= 15 is 0 Å². The molecule has 0 saturated carbocycles. The normalized spacial score (nSPS) is 14.8. The van der Waals surface area contributed by atoms with Crippen LogP contribution in [0, 0.1) is 6.92 Å². The van der Waals surface area contributed by atoms with Crippen LogP contribution in [-0.4, -0.2) is 28.5 Å². The fraction of sp³-hybridized carbons (Fsp3) is 0.208. The lowest BCUT2D eigenvalue weighted by molar-refractivity contribution is -0.137. The first-order valence-electron chi connectivity index (χ1n) is 9.74. The second-order valence-corrected chi connectivity index (χ2v) is 7.99. The highest BCUT2D eigenvalue weighted by atomic mass is 35.5. The Morgan fingerprint density at radius 1 is 1.13 bits per heavy atom. The summed E-state index contributed by atoms with van der Waals surface area (Å²) >= 11 is 6.17. The van der Waals surface area contributed by atoms with Gasteiger partial charge in [0.15, 0.2) is 0 Å². The summed E-state index contributed by atoms with van der Waals surface area (Å²) in [6.07, 6.45) is 1.51. The van der Waals surface area contributed by atoms with E-state index in [-0.39, 0.29) is 12.0 Å². The van der Waals surface area contributed by atoms with E-state index in [2.05, 4.69) is 0 Å². The van der Waals surface area contributed by atoms with E-state index in [1.54, 1.807) is 26.4 Å². The van der Waals surface area contributed by atoms with Gasteiger partial charge in [-0.15, -0.1) is 0 Å². The largest absolute Gasteiger partial charge is 0.497 e. The second kappa shape index (κ2) is 8.04. The molecule has 158 valence electrons. The van der Waals surface area contributed by atoms with E-state index in [0.717, 1.165) is 27.8 Å². The van der Waals surface area contributed by atoms with Gasteiger partial charge < -0.3 is 14.4 Å². The average molecular weight is 437 g/mol. The van der Waals surface area contributed by atoms with Crippen LogP contribution in [0.5, 0.6) is 5.75 Å². The summed E-state index contributed by atoms with van der Waals surface area (Å²) in [5.74, 6) is -0.336. The SMILES string of the molecule is COc1ccc2c(c1)C(c1ccc(Cl)cc1C)=NC(CC(=O)O)c1cc(=O)n(C)cc1-2. The van der Waals surface area contributed by atoms with Crippen molar-refractivity contribution in [3.63, 3.8) is 0 Å². The molecule has 2 heterocycles. The Morgan fingerprint density at radius 3 is 2.55 bits per heavy atom. The van der Waals surface area contributed by atoms with Gasteiger partial charge in [0, 0.05) is 41.0 Å². The number of carboxylic acids is 1. The number of fused-ring (bicyclic) bond motifs is 3. The van der Waals surface area contributed by atoms with Gasteiger partial charge in [0.2, 0.25) is 0 Å². The number of aryl methyl sites for hydroxylation is 2. The van der Waals surface area contributed by atoms with Crippen molar-refractivity contribution < 1.29 is 14.6 Å². The number of ether oxygens (including phenoxy) is 1. The van der Waals surface area contributed by atoms with E-state index in [1.165, 1.54) is 10.6 Å². The average Bonchev–Trinajstić information content (AvgIpc) is 2.83. The predicted octanol–water partition coefficient (Wildman–Crippen LogP) is 4.39. The highest BCUT2D eigenvalue weighted by Gasteiger charge is 2.28. The van der Waals surface area contributed by atoms with Gasteiger partial charge in [-0.1, -0.05) is 17.7 Å². The molecule has 1 aromatic heterocycles. The maximum absolute atomic E-state index is 12.4. The second-order valence-electron chi connectivity index (χ2n) is 7.55. The molecule has 0 amide bonds. The van der Waals surface area contributed by atoms with Gasteiger partial charge in [-0.3, -0.25) is 14.6 Å². The first kappa shape index (κ1) is 20.9. The quantitative estimate of drug-likeness (QED) is 0.657. The number of carboxylic acid groups (broad SMARTS) is 1. The van der Waals surface area contributed by atoms with Crippen LogP contribution < -0.4 is 10.3 Å². The van der Waals surface area contributed by atoms with Gasteiger partial charge in [0.05, 0.1) is 25.3 Å². The molecule has 2 aromatic carbocycles. The molecule has 0 saturated heterocycles. The summed E-state index contributed by atoms with van der Waals surface area (Å²) in [4.78, 5) is 29.0. The minimum Gasteiger partial charge on any atom is -0.497 e. The minimum atomic E-state index is -0.990. The zero-order valence-electron chi connectivity index (χ0n) is 17.3. The molecule has 1 atom stereocenters. The van der Waals surface area contributed by atoms with Crippen LogP contribution in [0.15, 0.2) is 58.4 Å². The molecule has 7 heteroatoms. The van der Waals surface area contributed by atoms with Crippen LogP contribution in [0.3, 0.4) is 0 Å². The summed E-state index contributed by atoms with van der Waals surface area (Å²) in [6, 6.07) is 11.9. The van der Waals surface area contributed by atoms with Crippen LogP contribution in [-0.2, 0) is 11.8 Å². The molecule has 0 aliphatic carbocycles. The standard InChI is InChI=1S/C24H21ClN2O4/c1-13-8-14(25)4-6-16(13)24-19-9-15(31-3)5-7-17(19)20-12-27(2)22(28)10-18(20)21(26-24)11-23(29)30/h4-10,12,21H,11H2,1-3H3,(H,29,30). The lowest BCUT2D eigenvalue weighted by Crippen LogP contribution is -2.18. The number of aliphatic imine (C=N–C) groups is 1. The third kappa shape index (κ3) is 3.86. The van der Waals surface area contributed by atoms with Crippen LogP contribution >= 0.6 is 11.6 Å². The number of carbonyl (C=O) groups is 1. The summed E-state index contributed by atoms with van der Waals surface area (Å²) in [7, 11) is 3.27. The van der Waals surface area contributed by atoms with Crippen molar-refractivity contribution in [1.29, 1.82) is 0 Å². The Labute approximate surface area is 184 Å². The van der Waals surface area contributed by atoms with E-state index in [9.17, 15) is 14.7 Å². The van der Waals surface area contributed by atoms with E-state index in [1.807, 2.05) is 37.3 Å². The molecule has 1 aliphatic heterocycles. The monoisotopic (exact) mass is 436 g/mol. The zero-order valence-corrected chi connectivity index (χ0v) is 18.1. The van der Waals surface area contributed by atoms with Gasteiger partial charge in [0.25, 0.3) is 5.56 Å². The Hall–Kier alpha value is -3.38. The number of methoxy groups -OCH3 is 1. The molecule has 0 fully saturated rings. The first-order chi connectivity index (χ1) is 14.8. The number of aromatic nitrogens is 1. The number of benzene rings is 2. The maximum atomic E-state index is 12.4. The molecule has 1 N–H and O–H groups in total. The van der Waals surface area contributed by atoms with Crippen molar-refractivity contribution in [2.75, 3.05) is 7.11 Å². The Morgan fingerprint density at radius 2 is 1.87 bits per heavy atom. The van der Waals surface area contributed by atoms with Crippen molar-refractivity contribution in [3.05, 3.63) is 86.3 Å². The molecule has 0 bridgehead atoms. The van der Waals surface area contributed by atoms with Gasteiger partial charge in [0.1, 0.15) is 5.75 Å². The lowest BCUT2D eigenvalue weighted by Gasteiger charge is -2.15. The Balaban J connectivity index is 2.10. The lowest BCUT2D eigenvalue weighted by atomic mass is 9.90. The number of aliphatic carboxylic acids is 1. The molecular weight excluding hydrogens is 416 g/mol. The van der Waals surface area contributed by atoms with Crippen molar-refractivity contribution in [2.45, 2.75) is 19.4 Å². The molecule has 3 aromatic rings. The van der Waals surface area contributed by atoms with Crippen molar-refractivity contribution in [2.24, 2.45) is 12.0 Å². The Kier molecular flexibility index (Phi) is 5.41. The summed E-state index contributed by atoms with van der Waals surface area (Å²) < 4.78 is 6.94. The third-order valence-electron chi connectivity index (χ3n) is 5.49. The fourth-order valence-electron chi connectivity index (χ4n) is 3.95. The number of nitrogens with zero attached hydrogens (tertiary/aromatic N) is 2. The van der Waals surface area contributed by atoms with Crippen LogP contribution in [0.4, 0.5) is 0 Å². The van der Waals surface area contributed by atoms with Crippen LogP contribution in [0.25, 0.3) is 11.1 Å². The van der Waals surface area contributed by atoms with Crippen molar-refractivity contribution >= 4 is 23.3 Å². The third-order valence-corrected chi connectivity index (χ3v) is 5.72. The van der Waals surface area contributed by atoms with E-state index < -0.39 is 12.0 Å². The number of pyridine rings is 1. The predicted molar refractivity (Wildman–Crippen MR) is 120 cm³/mol. The summed E-state index contributed by atoms with van der Waals surface area (Å²) in [6.45, 7) is 1.93. The van der Waals surface area contributed by atoms with E-state index in [0.29, 0.717) is 22.0 Å². The van der Waals surface area contributed by atoms with Gasteiger partial charge in [-0.25, -0.2) is 0 Å². The number of hydrogen-bond acceptors (Lipinski definition) is 4. The van der Waals surface area contributed by atoms with Gasteiger partial charge >= 0.3 is 5.97 Å². The van der Waals surface area contributed by atoms with Gasteiger partial charge in [-0.05, 0) is 53.9 Å². The molecule has 1 unspecified atom stereocenters. The number of hydrogen-bond donors (Lipinski definition) is 1. The summed E-state index contributed by atoms with van der Waals surface area (Å²) in [5.41, 5.74) is 5.20. The molecule has 0 radical (unpaired) electrons. The molecule has 6 nitrogen and oxygen atoms in total. The molecule has 1 aliphatic rings. The highest BCUT2D eigenvalue weighted by molar-refractivity contribution is 6.31. The molecule has 0 spiro atoms. The highest BCUT2D eigenvalue weighted by Crippen LogP contribution is 2.40. The van der Waals surface area contributed by atoms with Crippen molar-refractivity contribution in [3.8, 4) is 16.9 Å². The first-order valence-corrected chi connectivity index (χ1v) is 10.1. The van der Waals surface area contributed by atoms with Gasteiger partial charge in [-0.2, -0.15) is 0 Å². The molecule has 4 rings (SSSR count). The maximum Gasteiger partial charge on any atom is 0.305 e. The minimum absolute atomic E-state index is 0.217.